The van der Waals surface area contributed by atoms with Crippen LogP contribution in [-0.2, 0) is 0 Å². The van der Waals surface area contributed by atoms with Gasteiger partial charge in [-0.1, -0.05) is 38.6 Å². The number of aromatic nitrogens is 2. The van der Waals surface area contributed by atoms with E-state index in [1.54, 1.807) is 32.6 Å². The number of hydrogen-bond acceptors (Lipinski definition) is 6. The largest absolute Gasteiger partial charge is 0.496 e. The first kappa shape index (κ1) is 27.4. The Hall–Kier alpha value is -3.66. The molecule has 0 saturated carbocycles. The zero-order chi connectivity index (χ0) is 27.4. The van der Waals surface area contributed by atoms with Gasteiger partial charge in [-0.3, -0.25) is 4.79 Å². The molecule has 0 spiro atoms. The molecule has 0 aliphatic heterocycles. The molecular formula is C30H30IN3O4. The highest BCUT2D eigenvalue weighted by atomic mass is 127. The standard InChI is InChI=1S/C30H30IN3O4/c1-7-12-38-28-24(31)14-20(15-27(28)37-6)17-32-34-29(33-25-11-9-8-10-21(25)30(34)35)23-16-22(18(2)3)26(36-5)13-19(23)4/h7-11,13-18H,1,12H2,2-6H3. The maximum absolute atomic E-state index is 13.7. The average Bonchev–Trinajstić information content (AvgIpc) is 2.91. The normalized spacial score (nSPS) is 11.3. The van der Waals surface area contributed by atoms with Gasteiger partial charge in [0.15, 0.2) is 17.3 Å². The van der Waals surface area contributed by atoms with E-state index in [2.05, 4.69) is 48.1 Å². The predicted molar refractivity (Wildman–Crippen MR) is 161 cm³/mol. The number of fused-ring (bicyclic) bond motifs is 1. The summed E-state index contributed by atoms with van der Waals surface area (Å²) in [5.74, 6) is 2.67. The molecule has 196 valence electrons. The number of halogens is 1. The van der Waals surface area contributed by atoms with Crippen molar-refractivity contribution in [3.8, 4) is 28.6 Å². The minimum Gasteiger partial charge on any atom is -0.496 e. The van der Waals surface area contributed by atoms with Crippen molar-refractivity contribution in [1.29, 1.82) is 0 Å². The molecule has 3 aromatic carbocycles. The molecule has 0 aliphatic rings. The fraction of sp³-hybridized carbons (Fsp3) is 0.233. The summed E-state index contributed by atoms with van der Waals surface area (Å²) in [6.07, 6.45) is 3.31. The molecule has 1 heterocycles. The van der Waals surface area contributed by atoms with Crippen LogP contribution in [0.15, 0.2) is 71.1 Å². The molecule has 0 N–H and O–H groups in total. The SMILES string of the molecule is C=CCOc1c(I)cc(C=Nn2c(-c3cc(C(C)C)c(OC)cc3C)nc3ccccc3c2=O)cc1OC. The molecule has 4 aromatic rings. The lowest BCUT2D eigenvalue weighted by Crippen LogP contribution is -2.21. The zero-order valence-electron chi connectivity index (χ0n) is 22.1. The first-order valence-electron chi connectivity index (χ1n) is 12.1. The molecule has 8 heteroatoms. The van der Waals surface area contributed by atoms with Crippen LogP contribution in [0.2, 0.25) is 0 Å². The molecule has 0 atom stereocenters. The van der Waals surface area contributed by atoms with E-state index in [0.29, 0.717) is 34.8 Å². The van der Waals surface area contributed by atoms with Gasteiger partial charge in [0.05, 0.1) is 34.9 Å². The van der Waals surface area contributed by atoms with Gasteiger partial charge in [-0.15, -0.1) is 0 Å². The highest BCUT2D eigenvalue weighted by Crippen LogP contribution is 2.35. The Bertz CT molecular complexity index is 1590. The van der Waals surface area contributed by atoms with Crippen LogP contribution in [0.1, 0.15) is 36.5 Å². The summed E-state index contributed by atoms with van der Waals surface area (Å²) < 4.78 is 19.1. The molecule has 4 rings (SSSR count). The third-order valence-electron chi connectivity index (χ3n) is 6.11. The second kappa shape index (κ2) is 11.8. The molecule has 7 nitrogen and oxygen atoms in total. The van der Waals surface area contributed by atoms with Crippen LogP contribution in [0.3, 0.4) is 0 Å². The van der Waals surface area contributed by atoms with Gasteiger partial charge >= 0.3 is 0 Å². The summed E-state index contributed by atoms with van der Waals surface area (Å²) >= 11 is 2.19. The van der Waals surface area contributed by atoms with E-state index in [4.69, 9.17) is 19.2 Å². The van der Waals surface area contributed by atoms with Crippen molar-refractivity contribution in [2.24, 2.45) is 5.10 Å². The molecule has 0 saturated heterocycles. The molecule has 0 unspecified atom stereocenters. The van der Waals surface area contributed by atoms with E-state index in [0.717, 1.165) is 31.6 Å². The van der Waals surface area contributed by atoms with E-state index in [9.17, 15) is 4.79 Å². The monoisotopic (exact) mass is 623 g/mol. The van der Waals surface area contributed by atoms with Gasteiger partial charge in [-0.05, 0) is 88.5 Å². The number of para-hydroxylation sites is 1. The van der Waals surface area contributed by atoms with E-state index in [-0.39, 0.29) is 11.5 Å². The third kappa shape index (κ3) is 5.45. The summed E-state index contributed by atoms with van der Waals surface area (Å²) in [4.78, 5) is 18.6. The van der Waals surface area contributed by atoms with E-state index >= 15 is 0 Å². The van der Waals surface area contributed by atoms with Gasteiger partial charge in [-0.2, -0.15) is 9.78 Å². The Morgan fingerprint density at radius 3 is 2.53 bits per heavy atom. The highest BCUT2D eigenvalue weighted by Gasteiger charge is 2.18. The summed E-state index contributed by atoms with van der Waals surface area (Å²) in [6, 6.07) is 15.1. The minimum atomic E-state index is -0.254. The lowest BCUT2D eigenvalue weighted by molar-refractivity contribution is 0.324. The topological polar surface area (TPSA) is 74.9 Å². The number of ether oxygens (including phenoxy) is 3. The van der Waals surface area contributed by atoms with E-state index in [1.807, 2.05) is 49.4 Å². The van der Waals surface area contributed by atoms with E-state index < -0.39 is 0 Å². The lowest BCUT2D eigenvalue weighted by Gasteiger charge is -2.17. The molecule has 0 aliphatic carbocycles. The molecule has 1 aromatic heterocycles. The van der Waals surface area contributed by atoms with Crippen LogP contribution in [0.4, 0.5) is 0 Å². The van der Waals surface area contributed by atoms with Gasteiger partial charge in [0.2, 0.25) is 0 Å². The molecule has 0 fully saturated rings. The quantitative estimate of drug-likeness (QED) is 0.120. The Kier molecular flexibility index (Phi) is 8.51. The fourth-order valence-electron chi connectivity index (χ4n) is 4.19. The summed E-state index contributed by atoms with van der Waals surface area (Å²) in [7, 11) is 3.25. The second-order valence-electron chi connectivity index (χ2n) is 9.01. The van der Waals surface area contributed by atoms with Crippen LogP contribution in [0.25, 0.3) is 22.3 Å². The first-order chi connectivity index (χ1) is 18.3. The minimum absolute atomic E-state index is 0.213. The van der Waals surface area contributed by atoms with Crippen molar-refractivity contribution >= 4 is 39.7 Å². The smallest absolute Gasteiger partial charge is 0.282 e. The molecule has 0 radical (unpaired) electrons. The van der Waals surface area contributed by atoms with Crippen LogP contribution in [0, 0.1) is 10.5 Å². The number of aryl methyl sites for hydroxylation is 1. The second-order valence-corrected chi connectivity index (χ2v) is 10.2. The Labute approximate surface area is 235 Å². The zero-order valence-corrected chi connectivity index (χ0v) is 24.3. The summed E-state index contributed by atoms with van der Waals surface area (Å²) in [5.41, 5.74) is 3.88. The van der Waals surface area contributed by atoms with Crippen LogP contribution in [-0.4, -0.2) is 36.7 Å². The Morgan fingerprint density at radius 1 is 1.11 bits per heavy atom. The van der Waals surface area contributed by atoms with Crippen molar-refractivity contribution in [3.05, 3.63) is 91.8 Å². The summed E-state index contributed by atoms with van der Waals surface area (Å²) in [6.45, 7) is 10.3. The first-order valence-corrected chi connectivity index (χ1v) is 13.2. The predicted octanol–water partition coefficient (Wildman–Crippen LogP) is 6.56. The molecule has 0 bridgehead atoms. The maximum Gasteiger partial charge on any atom is 0.282 e. The van der Waals surface area contributed by atoms with E-state index in [1.165, 1.54) is 4.68 Å². The Balaban J connectivity index is 1.92. The van der Waals surface area contributed by atoms with Gasteiger partial charge in [0, 0.05) is 5.56 Å². The van der Waals surface area contributed by atoms with Crippen LogP contribution >= 0.6 is 22.6 Å². The molecule has 38 heavy (non-hydrogen) atoms. The van der Waals surface area contributed by atoms with Crippen molar-refractivity contribution in [2.45, 2.75) is 26.7 Å². The van der Waals surface area contributed by atoms with Crippen molar-refractivity contribution in [1.82, 2.24) is 9.66 Å². The van der Waals surface area contributed by atoms with Crippen molar-refractivity contribution < 1.29 is 14.2 Å². The van der Waals surface area contributed by atoms with Gasteiger partial charge in [-0.25, -0.2) is 4.98 Å². The number of nitrogens with zero attached hydrogens (tertiary/aromatic N) is 3. The highest BCUT2D eigenvalue weighted by molar-refractivity contribution is 14.1. The number of methoxy groups -OCH3 is 2. The van der Waals surface area contributed by atoms with Crippen molar-refractivity contribution in [3.63, 3.8) is 0 Å². The molecule has 0 amide bonds. The fourth-order valence-corrected chi connectivity index (χ4v) is 4.97. The summed E-state index contributed by atoms with van der Waals surface area (Å²) in [5, 5.41) is 5.13. The molecular weight excluding hydrogens is 593 g/mol. The van der Waals surface area contributed by atoms with Gasteiger partial charge in [0.25, 0.3) is 5.56 Å². The maximum atomic E-state index is 13.7. The number of benzene rings is 3. The lowest BCUT2D eigenvalue weighted by atomic mass is 9.96. The van der Waals surface area contributed by atoms with Gasteiger partial charge < -0.3 is 14.2 Å². The average molecular weight is 623 g/mol. The number of rotatable bonds is 9. The van der Waals surface area contributed by atoms with Crippen LogP contribution < -0.4 is 19.8 Å². The third-order valence-corrected chi connectivity index (χ3v) is 6.91. The van der Waals surface area contributed by atoms with Crippen molar-refractivity contribution in [2.75, 3.05) is 20.8 Å². The number of hydrogen-bond donors (Lipinski definition) is 0. The van der Waals surface area contributed by atoms with Crippen LogP contribution in [0.5, 0.6) is 17.2 Å². The van der Waals surface area contributed by atoms with Gasteiger partial charge in [0.1, 0.15) is 12.4 Å². The Morgan fingerprint density at radius 2 is 1.84 bits per heavy atom.